The zero-order valence-electron chi connectivity index (χ0n) is 14.1. The molecule has 5 nitrogen and oxygen atoms in total. The van der Waals surface area contributed by atoms with Crippen molar-refractivity contribution in [1.82, 2.24) is 9.55 Å². The number of benzene rings is 2. The number of methoxy groups -OCH3 is 1. The first kappa shape index (κ1) is 15.9. The molecular weight excluding hydrogens is 300 g/mol. The number of ether oxygens (including phenoxy) is 1. The molecule has 2 aromatic carbocycles. The Hall–Kier alpha value is -3.00. The molecule has 24 heavy (non-hydrogen) atoms. The number of fused-ring (bicyclic) bond motifs is 1. The minimum absolute atomic E-state index is 0.428. The molecule has 0 radical (unpaired) electrons. The third-order valence-electron chi connectivity index (χ3n) is 4.30. The van der Waals surface area contributed by atoms with Gasteiger partial charge in [0.05, 0.1) is 36.3 Å². The molecule has 0 saturated carbocycles. The van der Waals surface area contributed by atoms with E-state index >= 15 is 0 Å². The molecule has 3 rings (SSSR count). The van der Waals surface area contributed by atoms with Gasteiger partial charge in [-0.2, -0.15) is 5.26 Å². The van der Waals surface area contributed by atoms with Crippen molar-refractivity contribution in [3.63, 3.8) is 0 Å². The van der Waals surface area contributed by atoms with Gasteiger partial charge in [0.1, 0.15) is 11.6 Å². The van der Waals surface area contributed by atoms with E-state index in [9.17, 15) is 0 Å². The van der Waals surface area contributed by atoms with Crippen molar-refractivity contribution in [1.29, 1.82) is 5.26 Å². The van der Waals surface area contributed by atoms with Crippen molar-refractivity contribution >= 4 is 16.7 Å². The Labute approximate surface area is 141 Å². The molecule has 5 heteroatoms. The lowest BCUT2D eigenvalue weighted by atomic mass is 10.1. The van der Waals surface area contributed by atoms with Crippen LogP contribution < -0.4 is 10.5 Å². The Morgan fingerprint density at radius 1 is 1.21 bits per heavy atom. The van der Waals surface area contributed by atoms with Crippen LogP contribution in [0.5, 0.6) is 5.75 Å². The first-order valence-electron chi connectivity index (χ1n) is 7.83. The highest BCUT2D eigenvalue weighted by Gasteiger charge is 2.15. The maximum absolute atomic E-state index is 8.99. The molecule has 1 aromatic heterocycles. The van der Waals surface area contributed by atoms with Gasteiger partial charge in [-0.05, 0) is 55.3 Å². The van der Waals surface area contributed by atoms with Crippen LogP contribution in [-0.4, -0.2) is 16.7 Å². The fraction of sp³-hybridized carbons (Fsp3) is 0.263. The lowest BCUT2D eigenvalue weighted by Crippen LogP contribution is -2.01. The van der Waals surface area contributed by atoms with Gasteiger partial charge in [-0.15, -0.1) is 0 Å². The van der Waals surface area contributed by atoms with E-state index in [4.69, 9.17) is 20.7 Å². The zero-order valence-corrected chi connectivity index (χ0v) is 14.1. The van der Waals surface area contributed by atoms with Crippen LogP contribution in [0.15, 0.2) is 30.3 Å². The fourth-order valence-electron chi connectivity index (χ4n) is 2.86. The minimum atomic E-state index is 0.428. The number of nitrogens with two attached hydrogens (primary N) is 1. The molecule has 0 unspecified atom stereocenters. The molecule has 0 saturated heterocycles. The molecule has 122 valence electrons. The highest BCUT2D eigenvalue weighted by molar-refractivity contribution is 5.83. The summed E-state index contributed by atoms with van der Waals surface area (Å²) in [7, 11) is 1.60. The molecule has 0 aliphatic rings. The van der Waals surface area contributed by atoms with Crippen molar-refractivity contribution < 1.29 is 4.74 Å². The number of nitriles is 1. The van der Waals surface area contributed by atoms with Gasteiger partial charge in [0.15, 0.2) is 0 Å². The molecule has 0 aliphatic heterocycles. The van der Waals surface area contributed by atoms with Crippen LogP contribution in [0.2, 0.25) is 0 Å². The van der Waals surface area contributed by atoms with Crippen LogP contribution >= 0.6 is 0 Å². The molecule has 0 spiro atoms. The van der Waals surface area contributed by atoms with Gasteiger partial charge in [-0.3, -0.25) is 0 Å². The fourth-order valence-corrected chi connectivity index (χ4v) is 2.86. The summed E-state index contributed by atoms with van der Waals surface area (Å²) in [6.45, 7) is 4.76. The van der Waals surface area contributed by atoms with Crippen LogP contribution in [-0.2, 0) is 6.54 Å². The average Bonchev–Trinajstić information content (AvgIpc) is 2.90. The van der Waals surface area contributed by atoms with E-state index in [0.717, 1.165) is 22.4 Å². The molecule has 0 amide bonds. The summed E-state index contributed by atoms with van der Waals surface area (Å²) in [5.41, 5.74) is 11.9. The van der Waals surface area contributed by atoms with Gasteiger partial charge in [0.25, 0.3) is 0 Å². The number of hydrogen-bond donors (Lipinski definition) is 1. The number of aryl methyl sites for hydroxylation is 3. The Morgan fingerprint density at radius 2 is 1.96 bits per heavy atom. The second kappa shape index (κ2) is 6.25. The van der Waals surface area contributed by atoms with Crippen molar-refractivity contribution in [3.05, 3.63) is 41.5 Å². The lowest BCUT2D eigenvalue weighted by Gasteiger charge is -2.10. The van der Waals surface area contributed by atoms with Crippen LogP contribution in [0, 0.1) is 25.2 Å². The van der Waals surface area contributed by atoms with Crippen molar-refractivity contribution in [2.45, 2.75) is 26.8 Å². The van der Waals surface area contributed by atoms with Gasteiger partial charge in [-0.25, -0.2) is 4.98 Å². The summed E-state index contributed by atoms with van der Waals surface area (Å²) in [6.07, 6.45) is 0.428. The Kier molecular flexibility index (Phi) is 4.13. The van der Waals surface area contributed by atoms with Gasteiger partial charge >= 0.3 is 0 Å². The molecule has 3 aromatic rings. The Bertz CT molecular complexity index is 950. The quantitative estimate of drug-likeness (QED) is 0.741. The number of nitrogens with zero attached hydrogens (tertiary/aromatic N) is 3. The minimum Gasteiger partial charge on any atom is -0.495 e. The first-order chi connectivity index (χ1) is 11.5. The predicted molar refractivity (Wildman–Crippen MR) is 95.8 cm³/mol. The monoisotopic (exact) mass is 320 g/mol. The van der Waals surface area contributed by atoms with Crippen LogP contribution in [0.4, 0.5) is 5.69 Å². The van der Waals surface area contributed by atoms with Gasteiger partial charge in [0.2, 0.25) is 0 Å². The van der Waals surface area contributed by atoms with E-state index in [2.05, 4.69) is 36.6 Å². The highest BCUT2D eigenvalue weighted by Crippen LogP contribution is 2.31. The zero-order chi connectivity index (χ0) is 17.3. The van der Waals surface area contributed by atoms with Crippen molar-refractivity contribution in [3.8, 4) is 23.2 Å². The third kappa shape index (κ3) is 2.67. The molecule has 1 heterocycles. The predicted octanol–water partition coefficient (Wildman–Crippen LogP) is 3.82. The normalized spacial score (nSPS) is 10.8. The third-order valence-corrected chi connectivity index (χ3v) is 4.30. The van der Waals surface area contributed by atoms with E-state index < -0.39 is 0 Å². The van der Waals surface area contributed by atoms with Gasteiger partial charge in [0, 0.05) is 12.1 Å². The van der Waals surface area contributed by atoms with E-state index in [-0.39, 0.29) is 0 Å². The summed E-state index contributed by atoms with van der Waals surface area (Å²) in [4.78, 5) is 4.79. The summed E-state index contributed by atoms with van der Waals surface area (Å²) in [5.74, 6) is 1.46. The highest BCUT2D eigenvalue weighted by atomic mass is 16.5. The van der Waals surface area contributed by atoms with Crippen LogP contribution in [0.25, 0.3) is 22.4 Å². The number of imidazole rings is 1. The molecule has 0 aliphatic carbocycles. The standard InChI is InChI=1S/C19H20N4O/c1-12-9-16-17(10-13(12)2)23(8-4-7-20)19(22-16)14-5-6-18(24-3)15(21)11-14/h5-6,9-11H,4,8,21H2,1-3H3. The Morgan fingerprint density at radius 3 is 2.62 bits per heavy atom. The first-order valence-corrected chi connectivity index (χ1v) is 7.83. The SMILES string of the molecule is COc1ccc(-c2nc3cc(C)c(C)cc3n2CCC#N)cc1N. The average molecular weight is 320 g/mol. The molecule has 0 fully saturated rings. The molecule has 2 N–H and O–H groups in total. The lowest BCUT2D eigenvalue weighted by molar-refractivity contribution is 0.417. The smallest absolute Gasteiger partial charge is 0.141 e. The number of hydrogen-bond acceptors (Lipinski definition) is 4. The topological polar surface area (TPSA) is 76.9 Å². The molecule has 0 bridgehead atoms. The summed E-state index contributed by atoms with van der Waals surface area (Å²) in [6, 6.07) is 12.1. The number of aromatic nitrogens is 2. The maximum atomic E-state index is 8.99. The van der Waals surface area contributed by atoms with Crippen molar-refractivity contribution in [2.75, 3.05) is 12.8 Å². The molecular formula is C19H20N4O. The van der Waals surface area contributed by atoms with Crippen molar-refractivity contribution in [2.24, 2.45) is 0 Å². The van der Waals surface area contributed by atoms with E-state index in [1.807, 2.05) is 18.2 Å². The van der Waals surface area contributed by atoms with E-state index in [0.29, 0.717) is 24.4 Å². The maximum Gasteiger partial charge on any atom is 0.141 e. The number of rotatable bonds is 4. The Balaban J connectivity index is 2.22. The summed E-state index contributed by atoms with van der Waals surface area (Å²) in [5, 5.41) is 8.99. The second-order valence-electron chi connectivity index (χ2n) is 5.88. The van der Waals surface area contributed by atoms with Crippen LogP contribution in [0.3, 0.4) is 0 Å². The van der Waals surface area contributed by atoms with Gasteiger partial charge in [-0.1, -0.05) is 0 Å². The largest absolute Gasteiger partial charge is 0.495 e. The number of nitrogen functional groups attached to an aromatic ring is 1. The second-order valence-corrected chi connectivity index (χ2v) is 5.88. The van der Waals surface area contributed by atoms with Crippen LogP contribution in [0.1, 0.15) is 17.5 Å². The molecule has 0 atom stereocenters. The number of anilines is 1. The van der Waals surface area contributed by atoms with E-state index in [1.54, 1.807) is 7.11 Å². The van der Waals surface area contributed by atoms with E-state index in [1.165, 1.54) is 11.1 Å². The summed E-state index contributed by atoms with van der Waals surface area (Å²) >= 11 is 0. The summed E-state index contributed by atoms with van der Waals surface area (Å²) < 4.78 is 7.32. The van der Waals surface area contributed by atoms with Gasteiger partial charge < -0.3 is 15.0 Å².